The van der Waals surface area contributed by atoms with Crippen LogP contribution in [0.4, 0.5) is 0 Å². The van der Waals surface area contributed by atoms with Gasteiger partial charge in [-0.2, -0.15) is 0 Å². The Hall–Kier alpha value is -1.34. The van der Waals surface area contributed by atoms with Gasteiger partial charge in [0.1, 0.15) is 12.7 Å². The van der Waals surface area contributed by atoms with Crippen molar-refractivity contribution in [3.8, 4) is 11.5 Å². The number of hydrogen-bond donors (Lipinski definition) is 2. The lowest BCUT2D eigenvalue weighted by molar-refractivity contribution is 0.0464. The van der Waals surface area contributed by atoms with Crippen LogP contribution in [0.1, 0.15) is 51.0 Å². The molecule has 1 saturated heterocycles. The molecular formula is C25H43N3O3. The summed E-state index contributed by atoms with van der Waals surface area (Å²) in [5.41, 5.74) is 1.19. The Balaban J connectivity index is 1.35. The van der Waals surface area contributed by atoms with Crippen molar-refractivity contribution in [1.29, 1.82) is 0 Å². The topological polar surface area (TPSA) is 57.2 Å². The number of hydrogen-bond acceptors (Lipinski definition) is 6. The number of aliphatic hydroxyl groups excluding tert-OH is 1. The van der Waals surface area contributed by atoms with Crippen LogP contribution < -0.4 is 14.8 Å². The Morgan fingerprint density at radius 3 is 2.55 bits per heavy atom. The molecule has 0 radical (unpaired) electrons. The van der Waals surface area contributed by atoms with E-state index in [2.05, 4.69) is 28.1 Å². The predicted octanol–water partition coefficient (Wildman–Crippen LogP) is 3.13. The van der Waals surface area contributed by atoms with Gasteiger partial charge in [0, 0.05) is 39.3 Å². The molecule has 2 fully saturated rings. The summed E-state index contributed by atoms with van der Waals surface area (Å²) >= 11 is 0. The summed E-state index contributed by atoms with van der Waals surface area (Å²) in [6.07, 6.45) is 7.84. The third-order valence-electron chi connectivity index (χ3n) is 6.81. The van der Waals surface area contributed by atoms with Crippen LogP contribution in [-0.2, 0) is 6.54 Å². The zero-order valence-electron chi connectivity index (χ0n) is 19.7. The van der Waals surface area contributed by atoms with Crippen molar-refractivity contribution in [2.75, 3.05) is 59.5 Å². The molecule has 1 aliphatic heterocycles. The molecule has 1 heterocycles. The van der Waals surface area contributed by atoms with Crippen LogP contribution in [0.3, 0.4) is 0 Å². The third-order valence-corrected chi connectivity index (χ3v) is 6.81. The number of β-amino-alcohol motifs (C(OH)–C–C–N with tert-alkyl or cyclic N) is 1. The van der Waals surface area contributed by atoms with E-state index in [1.54, 1.807) is 7.11 Å². The fraction of sp³-hybridized carbons (Fsp3) is 0.760. The molecule has 0 unspecified atom stereocenters. The van der Waals surface area contributed by atoms with Crippen LogP contribution in [-0.4, -0.2) is 80.5 Å². The molecule has 6 nitrogen and oxygen atoms in total. The second-order valence-electron chi connectivity index (χ2n) is 9.15. The SMILES string of the molecule is CCN1CCN(C[C@@H](O)COc2ccc(CNCCCC3CCCC3)cc2OC)CC1. The van der Waals surface area contributed by atoms with Crippen molar-refractivity contribution in [2.45, 2.75) is 58.1 Å². The highest BCUT2D eigenvalue weighted by molar-refractivity contribution is 5.43. The number of benzene rings is 1. The van der Waals surface area contributed by atoms with E-state index in [4.69, 9.17) is 9.47 Å². The van der Waals surface area contributed by atoms with Gasteiger partial charge in [0.05, 0.1) is 7.11 Å². The van der Waals surface area contributed by atoms with E-state index in [0.717, 1.165) is 57.5 Å². The fourth-order valence-corrected chi connectivity index (χ4v) is 4.81. The summed E-state index contributed by atoms with van der Waals surface area (Å²) in [5, 5.41) is 14.0. The van der Waals surface area contributed by atoms with Crippen molar-refractivity contribution in [1.82, 2.24) is 15.1 Å². The van der Waals surface area contributed by atoms with Crippen molar-refractivity contribution < 1.29 is 14.6 Å². The Labute approximate surface area is 188 Å². The van der Waals surface area contributed by atoms with E-state index >= 15 is 0 Å². The zero-order valence-corrected chi connectivity index (χ0v) is 19.7. The maximum atomic E-state index is 10.4. The molecule has 1 aromatic carbocycles. The number of nitrogens with one attached hydrogen (secondary N) is 1. The molecular weight excluding hydrogens is 390 g/mol. The standard InChI is InChI=1S/C25H43N3O3/c1-3-27-13-15-28(16-14-27)19-23(29)20-31-24-11-10-22(17-25(24)30-2)18-26-12-6-9-21-7-4-5-8-21/h10-11,17,21,23,26,29H,3-9,12-16,18-20H2,1-2H3/t23-/m1/s1. The second-order valence-corrected chi connectivity index (χ2v) is 9.15. The normalized spacial score (nSPS) is 19.6. The first kappa shape index (κ1) is 24.3. The molecule has 2 aliphatic rings. The Morgan fingerprint density at radius 1 is 1.10 bits per heavy atom. The molecule has 3 rings (SSSR count). The monoisotopic (exact) mass is 433 g/mol. The molecule has 31 heavy (non-hydrogen) atoms. The minimum atomic E-state index is -0.501. The molecule has 6 heteroatoms. The van der Waals surface area contributed by atoms with E-state index in [1.807, 2.05) is 12.1 Å². The molecule has 0 aromatic heterocycles. The van der Waals surface area contributed by atoms with Crippen LogP contribution in [0.2, 0.25) is 0 Å². The maximum Gasteiger partial charge on any atom is 0.161 e. The summed E-state index contributed by atoms with van der Waals surface area (Å²) < 4.78 is 11.4. The first-order valence-electron chi connectivity index (χ1n) is 12.3. The van der Waals surface area contributed by atoms with Gasteiger partial charge < -0.3 is 24.8 Å². The lowest BCUT2D eigenvalue weighted by Gasteiger charge is -2.34. The van der Waals surface area contributed by atoms with Gasteiger partial charge in [-0.15, -0.1) is 0 Å². The number of likely N-dealkylation sites (N-methyl/N-ethyl adjacent to an activating group) is 1. The Morgan fingerprint density at radius 2 is 1.84 bits per heavy atom. The highest BCUT2D eigenvalue weighted by Crippen LogP contribution is 2.29. The molecule has 1 aliphatic carbocycles. The van der Waals surface area contributed by atoms with Gasteiger partial charge in [-0.3, -0.25) is 4.90 Å². The van der Waals surface area contributed by atoms with Crippen molar-refractivity contribution in [3.05, 3.63) is 23.8 Å². The molecule has 0 amide bonds. The first-order chi connectivity index (χ1) is 15.2. The van der Waals surface area contributed by atoms with Crippen molar-refractivity contribution >= 4 is 0 Å². The Kier molecular flexibility index (Phi) is 10.4. The maximum absolute atomic E-state index is 10.4. The average Bonchev–Trinajstić information content (AvgIpc) is 3.32. The average molecular weight is 434 g/mol. The van der Waals surface area contributed by atoms with Crippen LogP contribution in [0.25, 0.3) is 0 Å². The zero-order chi connectivity index (χ0) is 21.9. The molecule has 176 valence electrons. The third kappa shape index (κ3) is 8.26. The number of nitrogens with zero attached hydrogens (tertiary/aromatic N) is 2. The summed E-state index contributed by atoms with van der Waals surface area (Å²) in [4.78, 5) is 4.76. The highest BCUT2D eigenvalue weighted by atomic mass is 16.5. The molecule has 0 bridgehead atoms. The predicted molar refractivity (Wildman–Crippen MR) is 126 cm³/mol. The number of ether oxygens (including phenoxy) is 2. The second kappa shape index (κ2) is 13.3. The van der Waals surface area contributed by atoms with Crippen LogP contribution >= 0.6 is 0 Å². The van der Waals surface area contributed by atoms with Gasteiger partial charge in [0.2, 0.25) is 0 Å². The minimum Gasteiger partial charge on any atom is -0.493 e. The number of rotatable bonds is 13. The van der Waals surface area contributed by atoms with E-state index in [-0.39, 0.29) is 6.61 Å². The summed E-state index contributed by atoms with van der Waals surface area (Å²) in [5.74, 6) is 2.39. The molecule has 0 spiro atoms. The van der Waals surface area contributed by atoms with Gasteiger partial charge in [-0.1, -0.05) is 38.7 Å². The van der Waals surface area contributed by atoms with Gasteiger partial charge in [-0.05, 0) is 49.5 Å². The first-order valence-corrected chi connectivity index (χ1v) is 12.3. The van der Waals surface area contributed by atoms with Crippen LogP contribution in [0.5, 0.6) is 11.5 Å². The van der Waals surface area contributed by atoms with E-state index in [9.17, 15) is 5.11 Å². The van der Waals surface area contributed by atoms with E-state index in [1.165, 1.54) is 44.1 Å². The van der Waals surface area contributed by atoms with Gasteiger partial charge >= 0.3 is 0 Å². The molecule has 2 N–H and O–H groups in total. The lowest BCUT2D eigenvalue weighted by Crippen LogP contribution is -2.49. The van der Waals surface area contributed by atoms with Gasteiger partial charge in [-0.25, -0.2) is 0 Å². The fourth-order valence-electron chi connectivity index (χ4n) is 4.81. The summed E-state index contributed by atoms with van der Waals surface area (Å²) in [6, 6.07) is 6.08. The van der Waals surface area contributed by atoms with E-state index in [0.29, 0.717) is 12.3 Å². The van der Waals surface area contributed by atoms with Crippen molar-refractivity contribution in [2.24, 2.45) is 5.92 Å². The van der Waals surface area contributed by atoms with Crippen LogP contribution in [0, 0.1) is 5.92 Å². The number of aliphatic hydroxyl groups is 1. The largest absolute Gasteiger partial charge is 0.493 e. The smallest absolute Gasteiger partial charge is 0.161 e. The molecule has 1 saturated carbocycles. The lowest BCUT2D eigenvalue weighted by atomic mass is 10.0. The molecule has 1 aromatic rings. The van der Waals surface area contributed by atoms with E-state index < -0.39 is 6.10 Å². The van der Waals surface area contributed by atoms with Crippen molar-refractivity contribution in [3.63, 3.8) is 0 Å². The summed E-state index contributed by atoms with van der Waals surface area (Å²) in [6.45, 7) is 10.3. The van der Waals surface area contributed by atoms with Crippen LogP contribution in [0.15, 0.2) is 18.2 Å². The highest BCUT2D eigenvalue weighted by Gasteiger charge is 2.19. The van der Waals surface area contributed by atoms with Gasteiger partial charge in [0.15, 0.2) is 11.5 Å². The minimum absolute atomic E-state index is 0.281. The summed E-state index contributed by atoms with van der Waals surface area (Å²) in [7, 11) is 1.67. The Bertz CT molecular complexity index is 628. The number of piperazine rings is 1. The molecule has 1 atom stereocenters. The quantitative estimate of drug-likeness (QED) is 0.466. The van der Waals surface area contributed by atoms with Gasteiger partial charge in [0.25, 0.3) is 0 Å². The number of methoxy groups -OCH3 is 1.